The maximum atomic E-state index is 7.65. The Kier molecular flexibility index (Phi) is 1.74. The largest absolute Gasteiger partial charge is 0.205 e. The van der Waals surface area contributed by atoms with Gasteiger partial charge in [0.1, 0.15) is 7.05 Å². The minimum Gasteiger partial charge on any atom is -0.205 e. The van der Waals surface area contributed by atoms with Crippen molar-refractivity contribution in [3.8, 4) is 11.1 Å². The van der Waals surface area contributed by atoms with Crippen LogP contribution >= 0.6 is 0 Å². The Morgan fingerprint density at radius 3 is 2.60 bits per heavy atom. The third-order valence-corrected chi connectivity index (χ3v) is 2.61. The van der Waals surface area contributed by atoms with Crippen LogP contribution in [0.4, 0.5) is 0 Å². The van der Waals surface area contributed by atoms with Crippen molar-refractivity contribution in [2.75, 3.05) is 0 Å². The molecule has 0 spiro atoms. The minimum absolute atomic E-state index is 0.391. The van der Waals surface area contributed by atoms with E-state index in [-0.39, 0.29) is 0 Å². The Hall–Kier alpha value is -1.63. The Balaban J connectivity index is 2.70. The second-order valence-electron chi connectivity index (χ2n) is 3.72. The van der Waals surface area contributed by atoms with Crippen molar-refractivity contribution in [3.05, 3.63) is 53.9 Å². The molecule has 0 aliphatic heterocycles. The van der Waals surface area contributed by atoms with Crippen LogP contribution in [0.5, 0.6) is 0 Å². The molecule has 76 valence electrons. The van der Waals surface area contributed by atoms with E-state index in [0.29, 0.717) is 5.56 Å². The molecular formula is C14H16N+. The Bertz CT molecular complexity index is 559. The van der Waals surface area contributed by atoms with E-state index in [4.69, 9.17) is 4.11 Å². The van der Waals surface area contributed by atoms with E-state index in [2.05, 4.69) is 0 Å². The predicted octanol–water partition coefficient (Wildman–Crippen LogP) is 2.79. The molecule has 0 N–H and O–H groups in total. The summed E-state index contributed by atoms with van der Waals surface area (Å²) in [6.45, 7) is -0.133. The van der Waals surface area contributed by atoms with Gasteiger partial charge in [0.25, 0.3) is 0 Å². The van der Waals surface area contributed by atoms with E-state index in [0.717, 1.165) is 16.8 Å². The summed E-state index contributed by atoms with van der Waals surface area (Å²) in [6.07, 6.45) is 1.70. The molecule has 0 aliphatic rings. The topological polar surface area (TPSA) is 3.88 Å². The van der Waals surface area contributed by atoms with Crippen LogP contribution in [0.2, 0.25) is 0 Å². The number of nitrogens with zero attached hydrogens (tertiary/aromatic N) is 1. The third-order valence-electron chi connectivity index (χ3n) is 2.61. The summed E-state index contributed by atoms with van der Waals surface area (Å²) < 4.78 is 24.8. The number of benzene rings is 1. The molecule has 0 saturated heterocycles. The fraction of sp³-hybridized carbons (Fsp3) is 0.214. The fourth-order valence-electron chi connectivity index (χ4n) is 1.61. The van der Waals surface area contributed by atoms with Gasteiger partial charge in [-0.1, -0.05) is 30.3 Å². The van der Waals surface area contributed by atoms with E-state index in [1.54, 1.807) is 6.20 Å². The molecule has 0 fully saturated rings. The first kappa shape index (κ1) is 6.78. The molecule has 0 saturated carbocycles. The summed E-state index contributed by atoms with van der Waals surface area (Å²) in [4.78, 5) is 0. The zero-order chi connectivity index (χ0) is 13.3. The predicted molar refractivity (Wildman–Crippen MR) is 62.5 cm³/mol. The van der Waals surface area contributed by atoms with Crippen LogP contribution in [0.1, 0.15) is 15.4 Å². The Labute approximate surface area is 95.2 Å². The monoisotopic (exact) mass is 201 g/mol. The van der Waals surface area contributed by atoms with E-state index >= 15 is 0 Å². The van der Waals surface area contributed by atoms with Crippen molar-refractivity contribution in [3.63, 3.8) is 0 Å². The van der Waals surface area contributed by atoms with Crippen molar-refractivity contribution >= 4 is 0 Å². The molecule has 1 aromatic heterocycles. The SMILES string of the molecule is [2H]C([2H])([2H])c1c[n+](C)c(C)cc1-c1ccccc1. The van der Waals surface area contributed by atoms with Gasteiger partial charge in [-0.2, -0.15) is 0 Å². The molecule has 0 bridgehead atoms. The number of rotatable bonds is 1. The lowest BCUT2D eigenvalue weighted by Gasteiger charge is -2.05. The smallest absolute Gasteiger partial charge is 0.178 e. The first-order chi connectivity index (χ1) is 8.39. The van der Waals surface area contributed by atoms with Crippen molar-refractivity contribution < 1.29 is 8.68 Å². The van der Waals surface area contributed by atoms with Gasteiger partial charge >= 0.3 is 0 Å². The normalized spacial score (nSPS) is 14.1. The third kappa shape index (κ3) is 1.91. The Morgan fingerprint density at radius 2 is 1.93 bits per heavy atom. The summed E-state index contributed by atoms with van der Waals surface area (Å²) in [7, 11) is 1.86. The second-order valence-corrected chi connectivity index (χ2v) is 3.72. The highest BCUT2D eigenvalue weighted by atomic mass is 14.9. The van der Waals surface area contributed by atoms with Gasteiger partial charge in [-0.25, -0.2) is 4.57 Å². The summed E-state index contributed by atoms with van der Waals surface area (Å²) in [5.74, 6) is 0. The molecule has 0 atom stereocenters. The van der Waals surface area contributed by atoms with E-state index in [9.17, 15) is 0 Å². The number of pyridine rings is 1. The average Bonchev–Trinajstić information content (AvgIpc) is 2.32. The van der Waals surface area contributed by atoms with Gasteiger partial charge in [-0.15, -0.1) is 0 Å². The first-order valence-electron chi connectivity index (χ1n) is 6.46. The lowest BCUT2D eigenvalue weighted by molar-refractivity contribution is -0.677. The first-order valence-corrected chi connectivity index (χ1v) is 4.96. The molecule has 2 aromatic rings. The van der Waals surface area contributed by atoms with E-state index in [1.807, 2.05) is 54.9 Å². The lowest BCUT2D eigenvalue weighted by atomic mass is 10.0. The van der Waals surface area contributed by atoms with E-state index < -0.39 is 6.85 Å². The van der Waals surface area contributed by atoms with Gasteiger partial charge in [0.15, 0.2) is 11.9 Å². The van der Waals surface area contributed by atoms with Crippen molar-refractivity contribution in [1.29, 1.82) is 0 Å². The van der Waals surface area contributed by atoms with Gasteiger partial charge in [0.2, 0.25) is 0 Å². The van der Waals surface area contributed by atoms with Crippen LogP contribution in [0, 0.1) is 13.8 Å². The summed E-state index contributed by atoms with van der Waals surface area (Å²) in [5, 5.41) is 0. The average molecular weight is 201 g/mol. The summed E-state index contributed by atoms with van der Waals surface area (Å²) in [5.41, 5.74) is 3.14. The quantitative estimate of drug-likeness (QED) is 0.625. The molecule has 15 heavy (non-hydrogen) atoms. The molecule has 0 amide bonds. The van der Waals surface area contributed by atoms with Crippen LogP contribution in [-0.4, -0.2) is 0 Å². The zero-order valence-electron chi connectivity index (χ0n) is 12.0. The molecule has 0 unspecified atom stereocenters. The number of hydrogen-bond donors (Lipinski definition) is 0. The standard InChI is InChI=1S/C14H16N/c1-11-10-15(3)12(2)9-14(11)13-7-5-4-6-8-13/h4-10H,1-3H3/q+1/i1D3. The van der Waals surface area contributed by atoms with E-state index in [1.165, 1.54) is 0 Å². The van der Waals surface area contributed by atoms with Gasteiger partial charge in [-0.05, 0) is 18.0 Å². The molecule has 0 aliphatic carbocycles. The molecular weight excluding hydrogens is 182 g/mol. The van der Waals surface area contributed by atoms with Crippen LogP contribution in [0.15, 0.2) is 42.6 Å². The molecule has 0 radical (unpaired) electrons. The van der Waals surface area contributed by atoms with Gasteiger partial charge in [-0.3, -0.25) is 0 Å². The number of aryl methyl sites for hydroxylation is 3. The maximum absolute atomic E-state index is 7.65. The van der Waals surface area contributed by atoms with Gasteiger partial charge < -0.3 is 0 Å². The van der Waals surface area contributed by atoms with Gasteiger partial charge in [0, 0.05) is 22.7 Å². The summed E-state index contributed by atoms with van der Waals surface area (Å²) >= 11 is 0. The van der Waals surface area contributed by atoms with Crippen molar-refractivity contribution in [2.24, 2.45) is 7.05 Å². The van der Waals surface area contributed by atoms with Crippen LogP contribution < -0.4 is 4.57 Å². The number of aromatic nitrogens is 1. The molecule has 1 aromatic carbocycles. The maximum Gasteiger partial charge on any atom is 0.178 e. The highest BCUT2D eigenvalue weighted by Gasteiger charge is 2.08. The second kappa shape index (κ2) is 3.85. The zero-order valence-corrected chi connectivity index (χ0v) is 8.99. The fourth-order valence-corrected chi connectivity index (χ4v) is 1.61. The van der Waals surface area contributed by atoms with Crippen molar-refractivity contribution in [2.45, 2.75) is 13.8 Å². The minimum atomic E-state index is -2.10. The van der Waals surface area contributed by atoms with Crippen molar-refractivity contribution in [1.82, 2.24) is 0 Å². The molecule has 2 rings (SSSR count). The molecule has 1 nitrogen and oxygen atoms in total. The highest BCUT2D eigenvalue weighted by molar-refractivity contribution is 5.66. The Morgan fingerprint density at radius 1 is 1.20 bits per heavy atom. The lowest BCUT2D eigenvalue weighted by Crippen LogP contribution is -2.31. The van der Waals surface area contributed by atoms with Crippen LogP contribution in [0.25, 0.3) is 11.1 Å². The molecule has 1 heteroatoms. The summed E-state index contributed by atoms with van der Waals surface area (Å²) in [6, 6.07) is 11.6. The van der Waals surface area contributed by atoms with Crippen LogP contribution in [-0.2, 0) is 7.05 Å². The van der Waals surface area contributed by atoms with Crippen LogP contribution in [0.3, 0.4) is 0 Å². The highest BCUT2D eigenvalue weighted by Crippen LogP contribution is 2.22. The van der Waals surface area contributed by atoms with Gasteiger partial charge in [0.05, 0.1) is 0 Å². The molecule has 1 heterocycles. The number of hydrogen-bond acceptors (Lipinski definition) is 0.